The van der Waals surface area contributed by atoms with Crippen molar-refractivity contribution in [2.24, 2.45) is 0 Å². The number of hydrogen-bond acceptors (Lipinski definition) is 36. The highest BCUT2D eigenvalue weighted by Crippen LogP contribution is 2.30. The highest BCUT2D eigenvalue weighted by molar-refractivity contribution is 7.95. The lowest BCUT2D eigenvalue weighted by atomic mass is 10.3. The molecule has 0 amide bonds. The second-order valence-corrected chi connectivity index (χ2v) is 35.0. The average Bonchev–Trinajstić information content (AvgIpc) is 0.881. The van der Waals surface area contributed by atoms with Gasteiger partial charge in [-0.15, -0.1) is 4.33 Å². The van der Waals surface area contributed by atoms with E-state index in [1.54, 1.807) is 12.1 Å². The monoisotopic (exact) mass is 1610 g/mol. The van der Waals surface area contributed by atoms with Gasteiger partial charge in [0, 0.05) is 30.7 Å². The molecule has 4 aromatic rings. The summed E-state index contributed by atoms with van der Waals surface area (Å²) in [5.41, 5.74) is 22.1. The van der Waals surface area contributed by atoms with Gasteiger partial charge in [0.2, 0.25) is 0 Å². The normalized spacial score (nSPS) is 12.1. The summed E-state index contributed by atoms with van der Waals surface area (Å²) in [5, 5.41) is 11.2. The third-order valence-electron chi connectivity index (χ3n) is 7.40. The smallest absolute Gasteiger partial charge is 0.397 e. The molecule has 0 spiro atoms. The third kappa shape index (κ3) is 72.9. The minimum atomic E-state index is -4.67. The van der Waals surface area contributed by atoms with Crippen molar-refractivity contribution < 1.29 is 173 Å². The molecule has 0 fully saturated rings. The predicted molar refractivity (Wildman–Crippen MR) is 327 cm³/mol. The highest BCUT2D eigenvalue weighted by atomic mass is 32.3. The summed E-state index contributed by atoms with van der Waals surface area (Å²) < 4.78 is 334. The lowest BCUT2D eigenvalue weighted by Crippen LogP contribution is -2.13. The van der Waals surface area contributed by atoms with Crippen molar-refractivity contribution in [3.8, 4) is 0 Å². The van der Waals surface area contributed by atoms with Crippen LogP contribution in [0.4, 0.5) is 22.7 Å². The van der Waals surface area contributed by atoms with Gasteiger partial charge in [-0.05, 0) is 48.5 Å². The minimum absolute atomic E-state index is 0.0509. The molecule has 544 valence electrons. The second kappa shape index (κ2) is 43.4. The van der Waals surface area contributed by atoms with Crippen LogP contribution in [-0.2, 0) is 148 Å². The molecule has 0 heterocycles. The first kappa shape index (κ1) is 96.9. The summed E-state index contributed by atoms with van der Waals surface area (Å²) in [6, 6.07) is 24.8. The molecule has 4 aromatic carbocycles. The maximum absolute atomic E-state index is 10.8. The summed E-state index contributed by atoms with van der Waals surface area (Å²) >= 11 is 0.505. The van der Waals surface area contributed by atoms with Gasteiger partial charge in [0.25, 0.3) is 30.4 Å². The van der Waals surface area contributed by atoms with E-state index in [4.69, 9.17) is 77.6 Å². The molecule has 18 N–H and O–H groups in total. The summed E-state index contributed by atoms with van der Waals surface area (Å²) in [6.07, 6.45) is 3.72. The Labute approximate surface area is 539 Å². The Kier molecular flexibility index (Phi) is 45.2. The van der Waals surface area contributed by atoms with E-state index in [1.807, 2.05) is 30.3 Å². The summed E-state index contributed by atoms with van der Waals surface area (Å²) in [7, 11) is -48.4. The summed E-state index contributed by atoms with van der Waals surface area (Å²) in [5.74, 6) is -1.75. The van der Waals surface area contributed by atoms with Gasteiger partial charge in [-0.1, -0.05) is 53.6 Å². The Bertz CT molecular complexity index is 3880. The maximum Gasteiger partial charge on any atom is 0.397 e. The number of nitrogen functional groups attached to an aromatic ring is 4. The van der Waals surface area contributed by atoms with E-state index in [0.717, 1.165) is 36.8 Å². The molecule has 0 aliphatic carbocycles. The molecule has 0 aromatic heterocycles. The van der Waals surface area contributed by atoms with Gasteiger partial charge in [0.1, 0.15) is 54.0 Å². The van der Waals surface area contributed by atoms with Crippen LogP contribution in [0.1, 0.15) is 0 Å². The van der Waals surface area contributed by atoms with Crippen molar-refractivity contribution in [2.45, 2.75) is 19.6 Å². The molecule has 0 saturated carbocycles. The molecule has 0 aliphatic heterocycles. The number of benzene rings is 4. The van der Waals surface area contributed by atoms with Crippen LogP contribution in [0, 0.1) is 0 Å². The van der Waals surface area contributed by atoms with Crippen LogP contribution in [0.15, 0.2) is 117 Å². The molecule has 0 atom stereocenters. The van der Waals surface area contributed by atoms with Gasteiger partial charge in [-0.2, -0.15) is 67.3 Å². The van der Waals surface area contributed by atoms with E-state index in [0.29, 0.717) is 12.0 Å². The Hall–Kier alpha value is -4.81. The molecule has 0 radical (unpaired) electrons. The molecule has 0 unspecified atom stereocenters. The molecule has 4 rings (SSSR count). The van der Waals surface area contributed by atoms with Gasteiger partial charge >= 0.3 is 52.0 Å². The lowest BCUT2D eigenvalue weighted by molar-refractivity contribution is -0.432. The molecular formula is C36H62N4O40S13. The molecule has 93 heavy (non-hydrogen) atoms. The standard InChI is InChI=1S/C6H7NO6S2.2C6H7NO3S.C6H7N.4C3H8O6S2.H2O4S/c7-6-4(14-13-12-8)2-1-3-5(6)15(9,10)11;2*7-5-3-1-2-4-6(5)11(8,9)10;7-6-4-2-1-3-5-6;4*1-10(4,5)3-2-9-11(6,7)8;1-5(2,3)4/h1-3,8H,7H2,(H,9,10,11);2*1-4H,7H2,(H,8,9,10);1-5H,7H2;4*2-3H2,1H3,(H,6,7,8);(H2,1,2,3,4). The molecule has 0 aliphatic rings. The van der Waals surface area contributed by atoms with E-state index in [1.165, 1.54) is 48.5 Å². The SMILES string of the molecule is CS(=O)(=O)CCOS(=O)(=O)O.CS(=O)(=O)CCOS(=O)(=O)O.CS(=O)(=O)CCOS(=O)(=O)O.CS(=O)(=O)CCOS(=O)(=O)O.Nc1c(SOOO)cccc1S(=O)(=O)O.Nc1ccccc1.Nc1ccccc1S(=O)(=O)O.Nc1ccccc1S(=O)(=O)O.O=S(=O)(O)O. The van der Waals surface area contributed by atoms with E-state index in [-0.39, 0.29) is 31.7 Å². The summed E-state index contributed by atoms with van der Waals surface area (Å²) in [6.45, 7) is -2.23. The van der Waals surface area contributed by atoms with Crippen molar-refractivity contribution in [1.29, 1.82) is 0 Å². The van der Waals surface area contributed by atoms with Gasteiger partial charge in [-0.25, -0.2) is 55.7 Å². The van der Waals surface area contributed by atoms with Crippen LogP contribution in [-0.4, -0.2) is 222 Å². The van der Waals surface area contributed by atoms with Crippen molar-refractivity contribution >= 4 is 156 Å². The molecule has 0 saturated heterocycles. The zero-order valence-electron chi connectivity index (χ0n) is 47.2. The van der Waals surface area contributed by atoms with Crippen LogP contribution in [0.3, 0.4) is 0 Å². The number of para-hydroxylation sites is 4. The van der Waals surface area contributed by atoms with Crippen LogP contribution < -0.4 is 22.9 Å². The van der Waals surface area contributed by atoms with E-state index in [2.05, 4.69) is 26.1 Å². The Morgan fingerprint density at radius 2 is 0.581 bits per heavy atom. The Morgan fingerprint density at radius 1 is 0.344 bits per heavy atom. The van der Waals surface area contributed by atoms with E-state index < -0.39 is 176 Å². The zero-order chi connectivity index (χ0) is 74.5. The van der Waals surface area contributed by atoms with Crippen molar-refractivity contribution in [3.05, 3.63) is 97.1 Å². The van der Waals surface area contributed by atoms with Gasteiger partial charge < -0.3 is 22.9 Å². The van der Waals surface area contributed by atoms with E-state index in [9.17, 15) is 92.6 Å². The third-order valence-corrected chi connectivity index (χ3v) is 16.3. The fourth-order valence-electron chi connectivity index (χ4n) is 3.92. The van der Waals surface area contributed by atoms with Crippen molar-refractivity contribution in [1.82, 2.24) is 0 Å². The van der Waals surface area contributed by atoms with Gasteiger partial charge in [0.05, 0.1) is 83.4 Å². The maximum atomic E-state index is 10.8. The largest absolute Gasteiger partial charge is 0.399 e. The molecule has 0 bridgehead atoms. The number of nitrogens with two attached hydrogens (primary N) is 4. The number of sulfone groups is 4. The quantitative estimate of drug-likeness (QED) is 0.0133. The second-order valence-electron chi connectivity index (χ2n) is 15.8. The molecular weight excluding hydrogens is 1550 g/mol. The van der Waals surface area contributed by atoms with Gasteiger partial charge in [0.15, 0.2) is 0 Å². The Balaban J connectivity index is -0.000000315. The summed E-state index contributed by atoms with van der Waals surface area (Å²) in [4.78, 5) is -0.756. The van der Waals surface area contributed by atoms with Crippen LogP contribution in [0.2, 0.25) is 0 Å². The van der Waals surface area contributed by atoms with Crippen molar-refractivity contribution in [2.75, 3.05) is 97.4 Å². The molecule has 57 heteroatoms. The van der Waals surface area contributed by atoms with Crippen LogP contribution >= 0.6 is 12.0 Å². The topological polar surface area (TPSA) is 771 Å². The first-order valence-corrected chi connectivity index (χ1v) is 42.2. The predicted octanol–water partition coefficient (Wildman–Crippen LogP) is -2.01. The number of rotatable bonds is 22. The van der Waals surface area contributed by atoms with Crippen molar-refractivity contribution in [3.63, 3.8) is 0 Å². The average molecular weight is 1610 g/mol. The highest BCUT2D eigenvalue weighted by Gasteiger charge is 2.18. The number of hydrogen-bond donors (Lipinski definition) is 14. The fourth-order valence-corrected chi connectivity index (χ4v) is 9.44. The van der Waals surface area contributed by atoms with E-state index >= 15 is 0 Å². The zero-order valence-corrected chi connectivity index (χ0v) is 57.8. The lowest BCUT2D eigenvalue weighted by Gasteiger charge is -2.06. The van der Waals surface area contributed by atoms with Gasteiger partial charge in [-0.3, -0.25) is 41.0 Å². The first-order valence-electron chi connectivity index (χ1n) is 22.0. The Morgan fingerprint density at radius 3 is 0.763 bits per heavy atom. The van der Waals surface area contributed by atoms with Crippen LogP contribution in [0.25, 0.3) is 0 Å². The van der Waals surface area contributed by atoms with Crippen LogP contribution in [0.5, 0.6) is 0 Å². The number of anilines is 4. The molecule has 44 nitrogen and oxygen atoms in total. The first-order chi connectivity index (χ1) is 41.2. The minimum Gasteiger partial charge on any atom is -0.399 e. The fraction of sp³-hybridized carbons (Fsp3) is 0.333.